The van der Waals surface area contributed by atoms with Crippen molar-refractivity contribution in [3.05, 3.63) is 29.3 Å². The van der Waals surface area contributed by atoms with Crippen molar-refractivity contribution in [2.24, 2.45) is 0 Å². The van der Waals surface area contributed by atoms with Crippen LogP contribution in [-0.2, 0) is 9.53 Å². The van der Waals surface area contributed by atoms with Crippen LogP contribution in [0.25, 0.3) is 0 Å². The highest BCUT2D eigenvalue weighted by Gasteiger charge is 2.13. The number of rotatable bonds is 3. The minimum Gasteiger partial charge on any atom is -0.465 e. The molecule has 0 aliphatic heterocycles. The molecule has 1 rings (SSSR count). The van der Waals surface area contributed by atoms with E-state index in [2.05, 4.69) is 10.1 Å². The molecular weight excluding hydrogens is 220 g/mol. The van der Waals surface area contributed by atoms with Crippen LogP contribution in [0.4, 0.5) is 5.69 Å². The molecule has 0 saturated heterocycles. The first kappa shape index (κ1) is 13.0. The largest absolute Gasteiger partial charge is 0.465 e. The molecule has 0 spiro atoms. The Bertz CT molecular complexity index is 443. The summed E-state index contributed by atoms with van der Waals surface area (Å²) in [4.78, 5) is 22.2. The summed E-state index contributed by atoms with van der Waals surface area (Å²) in [6.07, 6.45) is 0. The van der Waals surface area contributed by atoms with Gasteiger partial charge in [-0.1, -0.05) is 6.07 Å². The predicted molar refractivity (Wildman–Crippen MR) is 64.4 cm³/mol. The molecule has 1 atom stereocenters. The number of amides is 1. The molecule has 1 aromatic rings. The summed E-state index contributed by atoms with van der Waals surface area (Å²) in [6.45, 7) is 3.26. The van der Waals surface area contributed by atoms with E-state index in [0.29, 0.717) is 11.3 Å². The van der Waals surface area contributed by atoms with Crippen LogP contribution in [0, 0.1) is 0 Å². The van der Waals surface area contributed by atoms with Gasteiger partial charge in [-0.25, -0.2) is 4.79 Å². The third-order valence-corrected chi connectivity index (χ3v) is 2.39. The maximum Gasteiger partial charge on any atom is 0.337 e. The fourth-order valence-electron chi connectivity index (χ4n) is 1.60. The van der Waals surface area contributed by atoms with Crippen molar-refractivity contribution in [2.45, 2.75) is 19.9 Å². The van der Waals surface area contributed by atoms with Crippen molar-refractivity contribution >= 4 is 17.6 Å². The Morgan fingerprint density at radius 3 is 2.53 bits per heavy atom. The average molecular weight is 236 g/mol. The van der Waals surface area contributed by atoms with Crippen molar-refractivity contribution in [2.75, 3.05) is 12.8 Å². The Labute approximate surface area is 99.9 Å². The molecule has 0 aromatic heterocycles. The number of esters is 1. The van der Waals surface area contributed by atoms with Gasteiger partial charge < -0.3 is 15.8 Å². The average Bonchev–Trinajstić information content (AvgIpc) is 2.26. The number of hydrogen-bond donors (Lipinski definition) is 2. The van der Waals surface area contributed by atoms with E-state index < -0.39 is 5.97 Å². The van der Waals surface area contributed by atoms with Gasteiger partial charge in [-0.05, 0) is 24.6 Å². The SMILES string of the molecule is COC(=O)c1ccc([C@H](C)NC(C)=O)c(N)c1. The Morgan fingerprint density at radius 1 is 1.41 bits per heavy atom. The molecule has 5 heteroatoms. The van der Waals surface area contributed by atoms with Gasteiger partial charge in [0.1, 0.15) is 0 Å². The normalized spacial score (nSPS) is 11.7. The zero-order valence-electron chi connectivity index (χ0n) is 10.1. The molecule has 0 bridgehead atoms. The van der Waals surface area contributed by atoms with Crippen LogP contribution in [0.5, 0.6) is 0 Å². The second kappa shape index (κ2) is 5.34. The van der Waals surface area contributed by atoms with Gasteiger partial charge in [0.2, 0.25) is 5.91 Å². The fraction of sp³-hybridized carbons (Fsp3) is 0.333. The lowest BCUT2D eigenvalue weighted by Crippen LogP contribution is -2.24. The number of carbonyl (C=O) groups is 2. The van der Waals surface area contributed by atoms with E-state index in [0.717, 1.165) is 5.56 Å². The van der Waals surface area contributed by atoms with Crippen molar-refractivity contribution in [1.29, 1.82) is 0 Å². The van der Waals surface area contributed by atoms with Gasteiger partial charge in [0.15, 0.2) is 0 Å². The second-order valence-corrected chi connectivity index (χ2v) is 3.76. The quantitative estimate of drug-likeness (QED) is 0.611. The van der Waals surface area contributed by atoms with Crippen LogP contribution in [0.3, 0.4) is 0 Å². The van der Waals surface area contributed by atoms with Gasteiger partial charge in [-0.3, -0.25) is 4.79 Å². The summed E-state index contributed by atoms with van der Waals surface area (Å²) in [5.41, 5.74) is 7.45. The second-order valence-electron chi connectivity index (χ2n) is 3.76. The lowest BCUT2D eigenvalue weighted by molar-refractivity contribution is -0.119. The number of ether oxygens (including phenoxy) is 1. The third kappa shape index (κ3) is 3.21. The first-order valence-electron chi connectivity index (χ1n) is 5.20. The molecule has 5 nitrogen and oxygen atoms in total. The molecule has 0 aliphatic rings. The van der Waals surface area contributed by atoms with E-state index >= 15 is 0 Å². The first-order chi connectivity index (χ1) is 7.95. The molecular formula is C12H16N2O3. The van der Waals surface area contributed by atoms with Gasteiger partial charge in [-0.15, -0.1) is 0 Å². The molecule has 0 radical (unpaired) electrons. The fourth-order valence-corrected chi connectivity index (χ4v) is 1.60. The van der Waals surface area contributed by atoms with Gasteiger partial charge >= 0.3 is 5.97 Å². The number of nitrogens with two attached hydrogens (primary N) is 1. The summed E-state index contributed by atoms with van der Waals surface area (Å²) in [5, 5.41) is 2.73. The van der Waals surface area contributed by atoms with E-state index in [9.17, 15) is 9.59 Å². The summed E-state index contributed by atoms with van der Waals surface area (Å²) >= 11 is 0. The van der Waals surface area contributed by atoms with Gasteiger partial charge in [0.05, 0.1) is 18.7 Å². The molecule has 1 aromatic carbocycles. The van der Waals surface area contributed by atoms with Crippen LogP contribution < -0.4 is 11.1 Å². The number of nitrogens with one attached hydrogen (secondary N) is 1. The number of hydrogen-bond acceptors (Lipinski definition) is 4. The lowest BCUT2D eigenvalue weighted by Gasteiger charge is -2.15. The molecule has 92 valence electrons. The van der Waals surface area contributed by atoms with Crippen LogP contribution in [-0.4, -0.2) is 19.0 Å². The highest BCUT2D eigenvalue weighted by Crippen LogP contribution is 2.21. The summed E-state index contributed by atoms with van der Waals surface area (Å²) in [7, 11) is 1.31. The van der Waals surface area contributed by atoms with Crippen LogP contribution in [0.1, 0.15) is 35.8 Å². The van der Waals surface area contributed by atoms with Crippen LogP contribution in [0.2, 0.25) is 0 Å². The van der Waals surface area contributed by atoms with E-state index in [1.165, 1.54) is 14.0 Å². The molecule has 3 N–H and O–H groups in total. The topological polar surface area (TPSA) is 81.4 Å². The summed E-state index contributed by atoms with van der Waals surface area (Å²) in [5.74, 6) is -0.565. The van der Waals surface area contributed by atoms with Gasteiger partial charge in [0, 0.05) is 12.6 Å². The molecule has 0 saturated carbocycles. The van der Waals surface area contributed by atoms with Crippen molar-refractivity contribution in [3.8, 4) is 0 Å². The standard InChI is InChI=1S/C12H16N2O3/c1-7(14-8(2)15)10-5-4-9(6-11(10)13)12(16)17-3/h4-7H,13H2,1-3H3,(H,14,15)/t7-/m0/s1. The highest BCUT2D eigenvalue weighted by molar-refractivity contribution is 5.90. The molecule has 0 unspecified atom stereocenters. The highest BCUT2D eigenvalue weighted by atomic mass is 16.5. The zero-order chi connectivity index (χ0) is 13.0. The van der Waals surface area contributed by atoms with Gasteiger partial charge in [-0.2, -0.15) is 0 Å². The number of anilines is 1. The van der Waals surface area contributed by atoms with Crippen molar-refractivity contribution in [1.82, 2.24) is 5.32 Å². The third-order valence-electron chi connectivity index (χ3n) is 2.39. The van der Waals surface area contributed by atoms with Crippen molar-refractivity contribution < 1.29 is 14.3 Å². The van der Waals surface area contributed by atoms with E-state index in [-0.39, 0.29) is 11.9 Å². The Hall–Kier alpha value is -2.04. The minimum absolute atomic E-state index is 0.131. The molecule has 0 aliphatic carbocycles. The monoisotopic (exact) mass is 236 g/mol. The smallest absolute Gasteiger partial charge is 0.337 e. The zero-order valence-corrected chi connectivity index (χ0v) is 10.1. The predicted octanol–water partition coefficient (Wildman–Crippen LogP) is 1.25. The molecule has 0 fully saturated rings. The van der Waals surface area contributed by atoms with E-state index in [1.54, 1.807) is 18.2 Å². The van der Waals surface area contributed by atoms with Crippen LogP contribution >= 0.6 is 0 Å². The Kier molecular flexibility index (Phi) is 4.09. The van der Waals surface area contributed by atoms with E-state index in [4.69, 9.17) is 5.73 Å². The van der Waals surface area contributed by atoms with E-state index in [1.807, 2.05) is 6.92 Å². The number of methoxy groups -OCH3 is 1. The molecule has 0 heterocycles. The minimum atomic E-state index is -0.435. The summed E-state index contributed by atoms with van der Waals surface area (Å²) in [6, 6.07) is 4.68. The molecule has 1 amide bonds. The van der Waals surface area contributed by atoms with Crippen LogP contribution in [0.15, 0.2) is 18.2 Å². The molecule has 17 heavy (non-hydrogen) atoms. The van der Waals surface area contributed by atoms with Crippen molar-refractivity contribution in [3.63, 3.8) is 0 Å². The first-order valence-corrected chi connectivity index (χ1v) is 5.20. The Balaban J connectivity index is 2.97. The lowest BCUT2D eigenvalue weighted by atomic mass is 10.0. The number of benzene rings is 1. The number of carbonyl (C=O) groups excluding carboxylic acids is 2. The Morgan fingerprint density at radius 2 is 2.06 bits per heavy atom. The maximum atomic E-state index is 11.3. The summed E-state index contributed by atoms with van der Waals surface area (Å²) < 4.78 is 4.59. The van der Waals surface area contributed by atoms with Gasteiger partial charge in [0.25, 0.3) is 0 Å². The maximum absolute atomic E-state index is 11.3. The number of nitrogen functional groups attached to an aromatic ring is 1.